The van der Waals surface area contributed by atoms with E-state index in [-0.39, 0.29) is 24.4 Å². The lowest BCUT2D eigenvalue weighted by atomic mass is 10.2. The molecule has 1 aromatic heterocycles. The average molecular weight is 489 g/mol. The highest BCUT2D eigenvalue weighted by atomic mass is 35.5. The number of para-hydroxylation sites is 2. The second-order valence-electron chi connectivity index (χ2n) is 8.85. The molecule has 0 fully saturated rings. The monoisotopic (exact) mass is 488 g/mol. The molecule has 0 aliphatic carbocycles. The Balaban J connectivity index is 1.61. The van der Waals surface area contributed by atoms with E-state index < -0.39 is 6.04 Å². The molecule has 4 rings (SSSR count). The standard InChI is InChI=1S/C28H29ClN4O2/c1-19(2)32(17-21-10-5-4-6-11-21)26(34)18-33-25-15-8-7-14-24(25)31-27(33)20(3)30-28(35)22-12-9-13-23(29)16-22/h4-16,19-20H,17-18H2,1-3H3,(H,30,35). The Morgan fingerprint density at radius 1 is 0.971 bits per heavy atom. The van der Waals surface area contributed by atoms with Crippen LogP contribution in [0.3, 0.4) is 0 Å². The van der Waals surface area contributed by atoms with Gasteiger partial charge in [-0.25, -0.2) is 4.98 Å². The van der Waals surface area contributed by atoms with E-state index >= 15 is 0 Å². The number of carbonyl (C=O) groups is 2. The Hall–Kier alpha value is -3.64. The smallest absolute Gasteiger partial charge is 0.251 e. The fourth-order valence-corrected chi connectivity index (χ4v) is 4.32. The van der Waals surface area contributed by atoms with Gasteiger partial charge >= 0.3 is 0 Å². The zero-order chi connectivity index (χ0) is 24.9. The first-order valence-electron chi connectivity index (χ1n) is 11.7. The predicted octanol–water partition coefficient (Wildman–Crippen LogP) is 5.62. The summed E-state index contributed by atoms with van der Waals surface area (Å²) >= 11 is 6.05. The molecular weight excluding hydrogens is 460 g/mol. The highest BCUT2D eigenvalue weighted by Gasteiger charge is 2.24. The summed E-state index contributed by atoms with van der Waals surface area (Å²) in [5.74, 6) is 0.359. The Labute approximate surface area is 210 Å². The van der Waals surface area contributed by atoms with E-state index in [0.717, 1.165) is 16.6 Å². The molecule has 1 heterocycles. The number of imidazole rings is 1. The first-order chi connectivity index (χ1) is 16.8. The molecule has 1 atom stereocenters. The molecule has 0 radical (unpaired) electrons. The van der Waals surface area contributed by atoms with Gasteiger partial charge in [-0.1, -0.05) is 60.1 Å². The summed E-state index contributed by atoms with van der Waals surface area (Å²) in [6, 6.07) is 24.1. The number of hydrogen-bond donors (Lipinski definition) is 1. The molecule has 0 aliphatic heterocycles. The molecule has 0 spiro atoms. The molecule has 0 bridgehead atoms. The van der Waals surface area contributed by atoms with Crippen molar-refractivity contribution in [3.05, 3.63) is 101 Å². The summed E-state index contributed by atoms with van der Waals surface area (Å²) in [6.07, 6.45) is 0. The van der Waals surface area contributed by atoms with Crippen molar-refractivity contribution in [2.45, 2.75) is 45.9 Å². The van der Waals surface area contributed by atoms with Gasteiger partial charge in [-0.2, -0.15) is 0 Å². The van der Waals surface area contributed by atoms with Crippen molar-refractivity contribution in [2.24, 2.45) is 0 Å². The van der Waals surface area contributed by atoms with Gasteiger partial charge in [0.1, 0.15) is 12.4 Å². The van der Waals surface area contributed by atoms with E-state index in [4.69, 9.17) is 16.6 Å². The minimum atomic E-state index is -0.427. The predicted molar refractivity (Wildman–Crippen MR) is 139 cm³/mol. The molecule has 4 aromatic rings. The van der Waals surface area contributed by atoms with Gasteiger partial charge in [-0.3, -0.25) is 9.59 Å². The summed E-state index contributed by atoms with van der Waals surface area (Å²) in [4.78, 5) is 33.0. The maximum atomic E-state index is 13.5. The molecule has 0 aliphatic rings. The van der Waals surface area contributed by atoms with E-state index in [9.17, 15) is 9.59 Å². The topological polar surface area (TPSA) is 67.2 Å². The number of benzene rings is 3. The van der Waals surface area contributed by atoms with Gasteiger partial charge in [0.15, 0.2) is 0 Å². The third-order valence-corrected chi connectivity index (χ3v) is 6.17. The van der Waals surface area contributed by atoms with Crippen molar-refractivity contribution < 1.29 is 9.59 Å². The second-order valence-corrected chi connectivity index (χ2v) is 9.29. The van der Waals surface area contributed by atoms with Gasteiger partial charge in [0.2, 0.25) is 5.91 Å². The number of halogens is 1. The molecular formula is C28H29ClN4O2. The lowest BCUT2D eigenvalue weighted by molar-refractivity contribution is -0.134. The molecule has 1 unspecified atom stereocenters. The summed E-state index contributed by atoms with van der Waals surface area (Å²) < 4.78 is 1.90. The van der Waals surface area contributed by atoms with E-state index in [1.807, 2.05) is 84.8 Å². The van der Waals surface area contributed by atoms with E-state index in [2.05, 4.69) is 5.32 Å². The number of fused-ring (bicyclic) bond motifs is 1. The Bertz CT molecular complexity index is 1330. The number of rotatable bonds is 8. The highest BCUT2D eigenvalue weighted by Crippen LogP contribution is 2.22. The van der Waals surface area contributed by atoms with E-state index in [1.54, 1.807) is 24.3 Å². The molecule has 180 valence electrons. The van der Waals surface area contributed by atoms with Crippen LogP contribution in [0, 0.1) is 0 Å². The van der Waals surface area contributed by atoms with E-state index in [1.165, 1.54) is 0 Å². The molecule has 35 heavy (non-hydrogen) atoms. The molecule has 0 saturated carbocycles. The van der Waals surface area contributed by atoms with Crippen molar-refractivity contribution in [1.82, 2.24) is 19.8 Å². The number of carbonyl (C=O) groups excluding carboxylic acids is 2. The van der Waals surface area contributed by atoms with Crippen molar-refractivity contribution in [1.29, 1.82) is 0 Å². The summed E-state index contributed by atoms with van der Waals surface area (Å²) in [5, 5.41) is 3.50. The summed E-state index contributed by atoms with van der Waals surface area (Å²) in [7, 11) is 0. The number of hydrogen-bond acceptors (Lipinski definition) is 3. The maximum Gasteiger partial charge on any atom is 0.251 e. The second kappa shape index (κ2) is 10.7. The van der Waals surface area contributed by atoms with Crippen molar-refractivity contribution in [3.8, 4) is 0 Å². The van der Waals surface area contributed by atoms with Gasteiger partial charge in [-0.05, 0) is 56.7 Å². The van der Waals surface area contributed by atoms with Crippen LogP contribution in [-0.4, -0.2) is 32.3 Å². The molecule has 1 N–H and O–H groups in total. The first-order valence-corrected chi connectivity index (χ1v) is 12.1. The normalized spacial score (nSPS) is 12.0. The minimum Gasteiger partial charge on any atom is -0.342 e. The van der Waals surface area contributed by atoms with Crippen LogP contribution in [0.5, 0.6) is 0 Å². The van der Waals surface area contributed by atoms with Crippen molar-refractivity contribution in [3.63, 3.8) is 0 Å². The number of nitrogens with one attached hydrogen (secondary N) is 1. The number of nitrogens with zero attached hydrogens (tertiary/aromatic N) is 3. The lowest BCUT2D eigenvalue weighted by Crippen LogP contribution is -2.39. The third-order valence-electron chi connectivity index (χ3n) is 5.94. The third kappa shape index (κ3) is 5.72. The Morgan fingerprint density at radius 2 is 1.69 bits per heavy atom. The SMILES string of the molecule is CC(NC(=O)c1cccc(Cl)c1)c1nc2ccccc2n1CC(=O)N(Cc1ccccc1)C(C)C. The lowest BCUT2D eigenvalue weighted by Gasteiger charge is -2.28. The molecule has 7 heteroatoms. The van der Waals surface area contributed by atoms with E-state index in [0.29, 0.717) is 23.0 Å². The van der Waals surface area contributed by atoms with Crippen LogP contribution in [0.15, 0.2) is 78.9 Å². The van der Waals surface area contributed by atoms with Crippen LogP contribution >= 0.6 is 11.6 Å². The van der Waals surface area contributed by atoms with Gasteiger partial charge in [0.05, 0.1) is 17.1 Å². The van der Waals surface area contributed by atoms with Crippen LogP contribution in [0.2, 0.25) is 5.02 Å². The van der Waals surface area contributed by atoms with Crippen LogP contribution in [0.4, 0.5) is 0 Å². The van der Waals surface area contributed by atoms with Gasteiger partial charge in [-0.15, -0.1) is 0 Å². The Kier molecular flexibility index (Phi) is 7.51. The number of amides is 2. The molecule has 6 nitrogen and oxygen atoms in total. The number of aromatic nitrogens is 2. The fraction of sp³-hybridized carbons (Fsp3) is 0.250. The van der Waals surface area contributed by atoms with Gasteiger partial charge in [0.25, 0.3) is 5.91 Å². The van der Waals surface area contributed by atoms with Crippen molar-refractivity contribution in [2.75, 3.05) is 0 Å². The van der Waals surface area contributed by atoms with Crippen molar-refractivity contribution >= 4 is 34.4 Å². The zero-order valence-electron chi connectivity index (χ0n) is 20.1. The van der Waals surface area contributed by atoms with Crippen LogP contribution in [-0.2, 0) is 17.9 Å². The summed E-state index contributed by atoms with van der Waals surface area (Å²) in [6.45, 7) is 6.55. The van der Waals surface area contributed by atoms with Gasteiger partial charge < -0.3 is 14.8 Å². The first kappa shape index (κ1) is 24.5. The van der Waals surface area contributed by atoms with Crippen LogP contribution < -0.4 is 5.32 Å². The van der Waals surface area contributed by atoms with Gasteiger partial charge in [0, 0.05) is 23.2 Å². The fourth-order valence-electron chi connectivity index (χ4n) is 4.13. The minimum absolute atomic E-state index is 0.0124. The molecule has 2 amide bonds. The zero-order valence-corrected chi connectivity index (χ0v) is 20.9. The average Bonchev–Trinajstić information content (AvgIpc) is 3.21. The molecule has 0 saturated heterocycles. The molecule has 3 aromatic carbocycles. The maximum absolute atomic E-state index is 13.5. The van der Waals surface area contributed by atoms with Crippen LogP contribution in [0.25, 0.3) is 11.0 Å². The largest absolute Gasteiger partial charge is 0.342 e. The Morgan fingerprint density at radius 3 is 2.40 bits per heavy atom. The van der Waals surface area contributed by atoms with Crippen LogP contribution in [0.1, 0.15) is 48.6 Å². The highest BCUT2D eigenvalue weighted by molar-refractivity contribution is 6.30. The quantitative estimate of drug-likeness (QED) is 0.350. The summed E-state index contributed by atoms with van der Waals surface area (Å²) in [5.41, 5.74) is 3.17.